The molecule has 1 heterocycles. The van der Waals surface area contributed by atoms with Crippen LogP contribution in [0.3, 0.4) is 0 Å². The molecule has 0 atom stereocenters. The number of ether oxygens (including phenoxy) is 2. The van der Waals surface area contributed by atoms with Gasteiger partial charge in [0.1, 0.15) is 5.69 Å². The van der Waals surface area contributed by atoms with Crippen molar-refractivity contribution in [3.63, 3.8) is 0 Å². The predicted octanol–water partition coefficient (Wildman–Crippen LogP) is 1.76. The molecule has 3 N–H and O–H groups in total. The molecule has 0 unspecified atom stereocenters. The zero-order valence-corrected chi connectivity index (χ0v) is 12.0. The minimum Gasteiger partial charge on any atom is -0.490 e. The molecular weight excluding hydrogens is 272 g/mol. The number of aromatic nitrogens is 3. The number of aromatic amines is 1. The largest absolute Gasteiger partial charge is 0.490 e. The first kappa shape index (κ1) is 14.8. The number of nitrogens with two attached hydrogens (primary N) is 1. The third-order valence-corrected chi connectivity index (χ3v) is 2.76. The highest BCUT2D eigenvalue weighted by molar-refractivity contribution is 5.96. The fourth-order valence-corrected chi connectivity index (χ4v) is 1.86. The van der Waals surface area contributed by atoms with Gasteiger partial charge in [-0.3, -0.25) is 4.79 Å². The number of H-pyrrole nitrogens is 1. The Morgan fingerprint density at radius 1 is 1.24 bits per heavy atom. The molecule has 0 fully saturated rings. The summed E-state index contributed by atoms with van der Waals surface area (Å²) >= 11 is 0. The number of nitrogens with one attached hydrogen (secondary N) is 1. The molecule has 0 saturated carbocycles. The van der Waals surface area contributed by atoms with Crippen LogP contribution in [0.4, 0.5) is 0 Å². The molecule has 0 radical (unpaired) electrons. The number of benzene rings is 1. The molecule has 0 aliphatic heterocycles. The van der Waals surface area contributed by atoms with Crippen LogP contribution in [0.2, 0.25) is 0 Å². The van der Waals surface area contributed by atoms with Gasteiger partial charge in [0.15, 0.2) is 17.2 Å². The Balaban J connectivity index is 2.39. The summed E-state index contributed by atoms with van der Waals surface area (Å²) in [5, 5.41) is 10.1. The molecule has 2 rings (SSSR count). The Morgan fingerprint density at radius 3 is 2.71 bits per heavy atom. The van der Waals surface area contributed by atoms with Gasteiger partial charge >= 0.3 is 0 Å². The maximum Gasteiger partial charge on any atom is 0.271 e. The van der Waals surface area contributed by atoms with Crippen molar-refractivity contribution in [1.29, 1.82) is 0 Å². The molecular formula is C14H18N4O3. The lowest BCUT2D eigenvalue weighted by Gasteiger charge is -2.12. The lowest BCUT2D eigenvalue weighted by molar-refractivity contribution is 0.0996. The lowest BCUT2D eigenvalue weighted by atomic mass is 10.1. The van der Waals surface area contributed by atoms with Gasteiger partial charge in [0.25, 0.3) is 5.91 Å². The van der Waals surface area contributed by atoms with Crippen LogP contribution in [0.15, 0.2) is 18.2 Å². The van der Waals surface area contributed by atoms with Gasteiger partial charge in [0.05, 0.1) is 13.2 Å². The van der Waals surface area contributed by atoms with Crippen molar-refractivity contribution in [3.8, 4) is 22.8 Å². The minimum absolute atomic E-state index is 0.0969. The van der Waals surface area contributed by atoms with Gasteiger partial charge in [0.2, 0.25) is 0 Å². The second-order valence-corrected chi connectivity index (χ2v) is 4.33. The van der Waals surface area contributed by atoms with Crippen LogP contribution in [0.5, 0.6) is 11.5 Å². The number of hydrogen-bond acceptors (Lipinski definition) is 5. The first-order chi connectivity index (χ1) is 10.2. The van der Waals surface area contributed by atoms with E-state index in [0.29, 0.717) is 36.0 Å². The van der Waals surface area contributed by atoms with Crippen molar-refractivity contribution in [2.24, 2.45) is 5.73 Å². The predicted molar refractivity (Wildman–Crippen MR) is 77.3 cm³/mol. The minimum atomic E-state index is -0.636. The van der Waals surface area contributed by atoms with Crippen molar-refractivity contribution < 1.29 is 14.3 Å². The van der Waals surface area contributed by atoms with Crippen molar-refractivity contribution in [2.45, 2.75) is 20.3 Å². The van der Waals surface area contributed by atoms with Crippen molar-refractivity contribution in [1.82, 2.24) is 15.4 Å². The van der Waals surface area contributed by atoms with Crippen molar-refractivity contribution in [2.75, 3.05) is 13.2 Å². The summed E-state index contributed by atoms with van der Waals surface area (Å²) in [7, 11) is 0. The molecule has 0 aliphatic carbocycles. The van der Waals surface area contributed by atoms with Gasteiger partial charge in [-0.1, -0.05) is 6.92 Å². The number of amides is 1. The highest BCUT2D eigenvalue weighted by Crippen LogP contribution is 2.33. The maximum absolute atomic E-state index is 11.3. The van der Waals surface area contributed by atoms with Crippen LogP contribution in [0.25, 0.3) is 11.3 Å². The summed E-state index contributed by atoms with van der Waals surface area (Å²) in [4.78, 5) is 11.3. The second-order valence-electron chi connectivity index (χ2n) is 4.33. The normalized spacial score (nSPS) is 10.4. The highest BCUT2D eigenvalue weighted by Gasteiger charge is 2.17. The Bertz CT molecular complexity index is 624. The van der Waals surface area contributed by atoms with Crippen LogP contribution < -0.4 is 15.2 Å². The zero-order chi connectivity index (χ0) is 15.2. The Hall–Kier alpha value is -2.57. The van der Waals surface area contributed by atoms with Gasteiger partial charge in [0, 0.05) is 5.56 Å². The zero-order valence-electron chi connectivity index (χ0n) is 12.0. The molecule has 2 aromatic rings. The summed E-state index contributed by atoms with van der Waals surface area (Å²) in [5.41, 5.74) is 6.45. The number of hydrogen-bond donors (Lipinski definition) is 2. The van der Waals surface area contributed by atoms with E-state index >= 15 is 0 Å². The van der Waals surface area contributed by atoms with Crippen LogP contribution >= 0.6 is 0 Å². The molecule has 1 amide bonds. The summed E-state index contributed by atoms with van der Waals surface area (Å²) in [6.07, 6.45) is 0.905. The Morgan fingerprint density at radius 2 is 2.05 bits per heavy atom. The van der Waals surface area contributed by atoms with Crippen molar-refractivity contribution in [3.05, 3.63) is 23.9 Å². The van der Waals surface area contributed by atoms with Crippen LogP contribution in [-0.4, -0.2) is 34.5 Å². The van der Waals surface area contributed by atoms with Gasteiger partial charge in [-0.25, -0.2) is 0 Å². The topological polar surface area (TPSA) is 103 Å². The second kappa shape index (κ2) is 6.74. The standard InChI is InChI=1S/C14H18N4O3/c1-3-7-21-10-6-5-9(8-11(10)20-4-2)12-13(14(15)19)17-18-16-12/h5-6,8H,3-4,7H2,1-2H3,(H2,15,19)(H,16,17,18). The fourth-order valence-electron chi connectivity index (χ4n) is 1.86. The van der Waals surface area contributed by atoms with Crippen LogP contribution in [0.1, 0.15) is 30.8 Å². The van der Waals surface area contributed by atoms with E-state index in [9.17, 15) is 4.79 Å². The molecule has 1 aromatic carbocycles. The summed E-state index contributed by atoms with van der Waals surface area (Å²) in [6, 6.07) is 5.34. The van der Waals surface area contributed by atoms with Gasteiger partial charge < -0.3 is 15.2 Å². The average molecular weight is 290 g/mol. The molecule has 1 aromatic heterocycles. The average Bonchev–Trinajstić information content (AvgIpc) is 2.96. The molecule has 7 nitrogen and oxygen atoms in total. The van der Waals surface area contributed by atoms with E-state index in [4.69, 9.17) is 15.2 Å². The quantitative estimate of drug-likeness (QED) is 0.808. The van der Waals surface area contributed by atoms with Crippen molar-refractivity contribution >= 4 is 5.91 Å². The molecule has 0 aliphatic rings. The molecule has 112 valence electrons. The Labute approximate surface area is 122 Å². The first-order valence-corrected chi connectivity index (χ1v) is 6.78. The molecule has 0 bridgehead atoms. The monoisotopic (exact) mass is 290 g/mol. The van der Waals surface area contributed by atoms with E-state index < -0.39 is 5.91 Å². The molecule has 7 heteroatoms. The number of carbonyl (C=O) groups is 1. The van der Waals surface area contributed by atoms with E-state index in [1.807, 2.05) is 13.8 Å². The maximum atomic E-state index is 11.3. The van der Waals surface area contributed by atoms with E-state index in [0.717, 1.165) is 6.42 Å². The fraction of sp³-hybridized carbons (Fsp3) is 0.357. The molecule has 0 spiro atoms. The van der Waals surface area contributed by atoms with E-state index in [2.05, 4.69) is 15.4 Å². The van der Waals surface area contributed by atoms with Gasteiger partial charge in [-0.2, -0.15) is 15.4 Å². The SMILES string of the molecule is CCCOc1ccc(-c2n[nH]nc2C(N)=O)cc1OCC. The summed E-state index contributed by atoms with van der Waals surface area (Å²) < 4.78 is 11.2. The number of carbonyl (C=O) groups excluding carboxylic acids is 1. The van der Waals surface area contributed by atoms with Gasteiger partial charge in [-0.05, 0) is 31.5 Å². The van der Waals surface area contributed by atoms with E-state index in [1.54, 1.807) is 18.2 Å². The number of primary amides is 1. The number of rotatable bonds is 7. The first-order valence-electron chi connectivity index (χ1n) is 6.78. The highest BCUT2D eigenvalue weighted by atomic mass is 16.5. The Kier molecular flexibility index (Phi) is 4.76. The van der Waals surface area contributed by atoms with Gasteiger partial charge in [-0.15, -0.1) is 0 Å². The summed E-state index contributed by atoms with van der Waals surface area (Å²) in [6.45, 7) is 5.04. The third-order valence-electron chi connectivity index (χ3n) is 2.76. The molecule has 0 saturated heterocycles. The smallest absolute Gasteiger partial charge is 0.271 e. The number of nitrogens with zero attached hydrogens (tertiary/aromatic N) is 2. The van der Waals surface area contributed by atoms with Crippen LogP contribution in [0, 0.1) is 0 Å². The molecule has 21 heavy (non-hydrogen) atoms. The van der Waals surface area contributed by atoms with Crippen LogP contribution in [-0.2, 0) is 0 Å². The van der Waals surface area contributed by atoms with E-state index in [1.165, 1.54) is 0 Å². The van der Waals surface area contributed by atoms with E-state index in [-0.39, 0.29) is 5.69 Å². The third kappa shape index (κ3) is 3.31. The lowest BCUT2D eigenvalue weighted by Crippen LogP contribution is -2.12. The summed E-state index contributed by atoms with van der Waals surface area (Å²) in [5.74, 6) is 0.622.